The number of thiocarbonyl (C=S) groups is 1. The first-order chi connectivity index (χ1) is 9.25. The van der Waals surface area contributed by atoms with Crippen molar-refractivity contribution in [1.29, 1.82) is 0 Å². The summed E-state index contributed by atoms with van der Waals surface area (Å²) < 4.78 is 0. The van der Waals surface area contributed by atoms with E-state index in [1.807, 2.05) is 12.1 Å². The van der Waals surface area contributed by atoms with Gasteiger partial charge < -0.3 is 10.6 Å². The minimum atomic E-state index is 0.546. The van der Waals surface area contributed by atoms with E-state index in [2.05, 4.69) is 29.7 Å². The normalized spacial score (nSPS) is 17.3. The molecule has 3 heteroatoms. The Balaban J connectivity index is 1.84. The maximum Gasteiger partial charge on any atom is 0.171 e. The predicted molar refractivity (Wildman–Crippen MR) is 86.6 cm³/mol. The highest BCUT2D eigenvalue weighted by Crippen LogP contribution is 2.18. The van der Waals surface area contributed by atoms with Crippen LogP contribution in [0.3, 0.4) is 0 Å². The molecular weight excluding hydrogens is 252 g/mol. The Labute approximate surface area is 122 Å². The quantitative estimate of drug-likeness (QED) is 0.783. The van der Waals surface area contributed by atoms with Gasteiger partial charge in [-0.05, 0) is 43.6 Å². The Kier molecular flexibility index (Phi) is 5.64. The van der Waals surface area contributed by atoms with Crippen LogP contribution in [0.2, 0.25) is 0 Å². The third kappa shape index (κ3) is 4.83. The summed E-state index contributed by atoms with van der Waals surface area (Å²) in [6, 6.07) is 8.80. The summed E-state index contributed by atoms with van der Waals surface area (Å²) in [5.74, 6) is 0. The van der Waals surface area contributed by atoms with Crippen LogP contribution in [0.1, 0.15) is 50.5 Å². The monoisotopic (exact) mass is 276 g/mol. The van der Waals surface area contributed by atoms with Gasteiger partial charge in [-0.25, -0.2) is 0 Å². The summed E-state index contributed by atoms with van der Waals surface area (Å²) in [6.07, 6.45) is 9.28. The zero-order valence-corrected chi connectivity index (χ0v) is 12.6. The van der Waals surface area contributed by atoms with E-state index >= 15 is 0 Å². The molecule has 0 spiro atoms. The van der Waals surface area contributed by atoms with Gasteiger partial charge in [-0.1, -0.05) is 50.3 Å². The molecular formula is C16H24N2S. The highest BCUT2D eigenvalue weighted by atomic mass is 32.1. The highest BCUT2D eigenvalue weighted by molar-refractivity contribution is 7.80. The second-order valence-electron chi connectivity index (χ2n) is 5.46. The Hall–Kier alpha value is -1.09. The van der Waals surface area contributed by atoms with Crippen LogP contribution in [0.15, 0.2) is 24.3 Å². The van der Waals surface area contributed by atoms with Gasteiger partial charge in [0, 0.05) is 11.7 Å². The van der Waals surface area contributed by atoms with E-state index in [1.165, 1.54) is 50.5 Å². The standard InChI is InChI=1S/C16H24N2S/c1-13-9-7-8-12-15(13)18-16(19)17-14-10-5-3-2-4-6-11-14/h7-9,12,14H,2-6,10-11H2,1H3,(H2,17,18,19). The van der Waals surface area contributed by atoms with Gasteiger partial charge in [0.2, 0.25) is 0 Å². The van der Waals surface area contributed by atoms with Crippen LogP contribution in [0.5, 0.6) is 0 Å². The van der Waals surface area contributed by atoms with E-state index in [1.54, 1.807) is 0 Å². The first kappa shape index (κ1) is 14.3. The van der Waals surface area contributed by atoms with Crippen molar-refractivity contribution in [2.24, 2.45) is 0 Å². The number of rotatable bonds is 2. The zero-order chi connectivity index (χ0) is 13.5. The molecule has 1 aromatic carbocycles. The fourth-order valence-corrected chi connectivity index (χ4v) is 2.93. The van der Waals surface area contributed by atoms with Crippen LogP contribution in [0.4, 0.5) is 5.69 Å². The summed E-state index contributed by atoms with van der Waals surface area (Å²) in [7, 11) is 0. The van der Waals surface area contributed by atoms with Gasteiger partial charge in [0.25, 0.3) is 0 Å². The van der Waals surface area contributed by atoms with E-state index in [-0.39, 0.29) is 0 Å². The molecule has 1 aromatic rings. The minimum absolute atomic E-state index is 0.546. The van der Waals surface area contributed by atoms with Gasteiger partial charge in [0.05, 0.1) is 0 Å². The SMILES string of the molecule is Cc1ccccc1NC(=S)NC1CCCCCCC1. The van der Waals surface area contributed by atoms with E-state index in [4.69, 9.17) is 12.2 Å². The number of hydrogen-bond acceptors (Lipinski definition) is 1. The van der Waals surface area contributed by atoms with Crippen LogP contribution in [0, 0.1) is 6.92 Å². The van der Waals surface area contributed by atoms with Crippen LogP contribution < -0.4 is 10.6 Å². The first-order valence-electron chi connectivity index (χ1n) is 7.39. The molecule has 104 valence electrons. The topological polar surface area (TPSA) is 24.1 Å². The molecule has 2 N–H and O–H groups in total. The van der Waals surface area contributed by atoms with E-state index in [0.29, 0.717) is 6.04 Å². The summed E-state index contributed by atoms with van der Waals surface area (Å²) in [5, 5.41) is 7.56. The van der Waals surface area contributed by atoms with Crippen molar-refractivity contribution in [3.05, 3.63) is 29.8 Å². The molecule has 1 saturated carbocycles. The number of aryl methyl sites for hydroxylation is 1. The minimum Gasteiger partial charge on any atom is -0.360 e. The lowest BCUT2D eigenvalue weighted by molar-refractivity contribution is 0.430. The first-order valence-corrected chi connectivity index (χ1v) is 7.79. The van der Waals surface area contributed by atoms with E-state index in [0.717, 1.165) is 10.8 Å². The van der Waals surface area contributed by atoms with Crippen molar-refractivity contribution in [3.8, 4) is 0 Å². The molecule has 1 aliphatic rings. The van der Waals surface area contributed by atoms with Gasteiger partial charge in [-0.2, -0.15) is 0 Å². The van der Waals surface area contributed by atoms with Crippen LogP contribution >= 0.6 is 12.2 Å². The summed E-state index contributed by atoms with van der Waals surface area (Å²) in [6.45, 7) is 2.10. The number of anilines is 1. The maximum atomic E-state index is 5.43. The smallest absolute Gasteiger partial charge is 0.171 e. The molecule has 0 amide bonds. The molecule has 0 radical (unpaired) electrons. The van der Waals surface area contributed by atoms with Crippen LogP contribution in [-0.4, -0.2) is 11.2 Å². The van der Waals surface area contributed by atoms with Gasteiger partial charge in [0.15, 0.2) is 5.11 Å². The van der Waals surface area contributed by atoms with Crippen molar-refractivity contribution in [3.63, 3.8) is 0 Å². The molecule has 0 heterocycles. The van der Waals surface area contributed by atoms with Gasteiger partial charge >= 0.3 is 0 Å². The fourth-order valence-electron chi connectivity index (χ4n) is 2.66. The van der Waals surface area contributed by atoms with Gasteiger partial charge in [-0.3, -0.25) is 0 Å². The number of para-hydroxylation sites is 1. The number of benzene rings is 1. The van der Waals surface area contributed by atoms with Crippen molar-refractivity contribution in [1.82, 2.24) is 5.32 Å². The van der Waals surface area contributed by atoms with Gasteiger partial charge in [0.1, 0.15) is 0 Å². The largest absolute Gasteiger partial charge is 0.360 e. The molecule has 2 nitrogen and oxygen atoms in total. The lowest BCUT2D eigenvalue weighted by Gasteiger charge is -2.23. The molecule has 1 fully saturated rings. The van der Waals surface area contributed by atoms with Crippen molar-refractivity contribution >= 4 is 23.0 Å². The van der Waals surface area contributed by atoms with Crippen molar-refractivity contribution in [2.75, 3.05) is 5.32 Å². The second-order valence-corrected chi connectivity index (χ2v) is 5.86. The van der Waals surface area contributed by atoms with Crippen molar-refractivity contribution < 1.29 is 0 Å². The fraction of sp³-hybridized carbons (Fsp3) is 0.562. The van der Waals surface area contributed by atoms with E-state index in [9.17, 15) is 0 Å². The average molecular weight is 276 g/mol. The summed E-state index contributed by atoms with van der Waals surface area (Å²) >= 11 is 5.43. The average Bonchev–Trinajstić information content (AvgIpc) is 2.35. The third-order valence-corrected chi connectivity index (χ3v) is 4.05. The summed E-state index contributed by atoms with van der Waals surface area (Å²) in [5.41, 5.74) is 2.33. The molecule has 0 unspecified atom stereocenters. The Bertz CT molecular complexity index is 409. The molecule has 0 aromatic heterocycles. The van der Waals surface area contributed by atoms with Crippen LogP contribution in [-0.2, 0) is 0 Å². The van der Waals surface area contributed by atoms with Crippen molar-refractivity contribution in [2.45, 2.75) is 57.9 Å². The van der Waals surface area contributed by atoms with Gasteiger partial charge in [-0.15, -0.1) is 0 Å². The molecule has 0 saturated heterocycles. The predicted octanol–water partition coefficient (Wildman–Crippen LogP) is 4.39. The lowest BCUT2D eigenvalue weighted by atomic mass is 9.97. The molecule has 0 aliphatic heterocycles. The Morgan fingerprint density at radius 3 is 2.37 bits per heavy atom. The number of nitrogens with one attached hydrogen (secondary N) is 2. The Morgan fingerprint density at radius 1 is 1.05 bits per heavy atom. The zero-order valence-electron chi connectivity index (χ0n) is 11.7. The second kappa shape index (κ2) is 7.49. The Morgan fingerprint density at radius 2 is 1.68 bits per heavy atom. The number of hydrogen-bond donors (Lipinski definition) is 2. The molecule has 0 atom stereocenters. The summed E-state index contributed by atoms with van der Waals surface area (Å²) in [4.78, 5) is 0. The molecule has 2 rings (SSSR count). The van der Waals surface area contributed by atoms with E-state index < -0.39 is 0 Å². The molecule has 19 heavy (non-hydrogen) atoms. The lowest BCUT2D eigenvalue weighted by Crippen LogP contribution is -2.38. The maximum absolute atomic E-state index is 5.43. The third-order valence-electron chi connectivity index (χ3n) is 3.83. The molecule has 1 aliphatic carbocycles. The molecule has 0 bridgehead atoms. The highest BCUT2D eigenvalue weighted by Gasteiger charge is 2.12. The van der Waals surface area contributed by atoms with Crippen LogP contribution in [0.25, 0.3) is 0 Å².